The molecule has 0 spiro atoms. The van der Waals surface area contributed by atoms with Crippen LogP contribution in [0.2, 0.25) is 0 Å². The predicted molar refractivity (Wildman–Crippen MR) is 128 cm³/mol. The summed E-state index contributed by atoms with van der Waals surface area (Å²) in [7, 11) is 0. The first-order valence-corrected chi connectivity index (χ1v) is 11.9. The number of anilines is 2. The third kappa shape index (κ3) is 5.32. The van der Waals surface area contributed by atoms with E-state index in [9.17, 15) is 9.59 Å². The van der Waals surface area contributed by atoms with Crippen LogP contribution < -0.4 is 10.6 Å². The number of nitrogens with one attached hydrogen (secondary N) is 2. The molecular formula is C22H22N6O2S2. The van der Waals surface area contributed by atoms with Gasteiger partial charge in [0.2, 0.25) is 11.8 Å². The number of aromatic nitrogens is 4. The Bertz CT molecular complexity index is 1250. The number of rotatable bonds is 8. The molecule has 2 heterocycles. The van der Waals surface area contributed by atoms with E-state index in [2.05, 4.69) is 37.9 Å². The lowest BCUT2D eigenvalue weighted by Crippen LogP contribution is -2.14. The van der Waals surface area contributed by atoms with Crippen LogP contribution in [0.3, 0.4) is 0 Å². The van der Waals surface area contributed by atoms with Crippen LogP contribution >= 0.6 is 23.1 Å². The van der Waals surface area contributed by atoms with Crippen LogP contribution in [0.25, 0.3) is 10.2 Å². The van der Waals surface area contributed by atoms with Gasteiger partial charge in [0.15, 0.2) is 10.3 Å². The molecule has 0 saturated carbocycles. The van der Waals surface area contributed by atoms with Crippen LogP contribution in [0.5, 0.6) is 0 Å². The number of benzene rings is 2. The molecule has 2 amide bonds. The molecular weight excluding hydrogens is 444 g/mol. The van der Waals surface area contributed by atoms with Crippen molar-refractivity contribution in [3.8, 4) is 0 Å². The molecule has 0 unspecified atom stereocenters. The zero-order chi connectivity index (χ0) is 22.5. The number of carbonyl (C=O) groups excluding carboxylic acids is 2. The maximum Gasteiger partial charge on any atom is 0.236 e. The monoisotopic (exact) mass is 466 g/mol. The summed E-state index contributed by atoms with van der Waals surface area (Å²) in [4.78, 5) is 28.2. The first-order chi connectivity index (χ1) is 15.5. The van der Waals surface area contributed by atoms with Crippen molar-refractivity contribution in [2.75, 3.05) is 16.4 Å². The minimum absolute atomic E-state index is 0.133. The number of hydrogen-bond donors (Lipinski definition) is 2. The van der Waals surface area contributed by atoms with E-state index < -0.39 is 0 Å². The summed E-state index contributed by atoms with van der Waals surface area (Å²) in [5.41, 5.74) is 2.64. The molecule has 0 saturated heterocycles. The van der Waals surface area contributed by atoms with Crippen LogP contribution in [-0.2, 0) is 22.6 Å². The van der Waals surface area contributed by atoms with Crippen LogP contribution in [-0.4, -0.2) is 37.3 Å². The van der Waals surface area contributed by atoms with Crippen molar-refractivity contribution in [2.45, 2.75) is 32.0 Å². The highest BCUT2D eigenvalue weighted by Gasteiger charge is 2.15. The van der Waals surface area contributed by atoms with Crippen molar-refractivity contribution in [3.05, 3.63) is 59.9 Å². The van der Waals surface area contributed by atoms with Crippen LogP contribution in [0.15, 0.2) is 53.7 Å². The van der Waals surface area contributed by atoms with E-state index in [1.54, 1.807) is 6.07 Å². The number of hydrogen-bond acceptors (Lipinski definition) is 7. The van der Waals surface area contributed by atoms with Crippen molar-refractivity contribution >= 4 is 55.9 Å². The first-order valence-electron chi connectivity index (χ1n) is 10.1. The molecule has 2 N–H and O–H groups in total. The molecule has 0 fully saturated rings. The van der Waals surface area contributed by atoms with E-state index in [0.29, 0.717) is 17.2 Å². The van der Waals surface area contributed by atoms with Crippen LogP contribution in [0, 0.1) is 0 Å². The zero-order valence-corrected chi connectivity index (χ0v) is 19.3. The second kappa shape index (κ2) is 9.92. The zero-order valence-electron chi connectivity index (χ0n) is 17.7. The highest BCUT2D eigenvalue weighted by Crippen LogP contribution is 2.29. The van der Waals surface area contributed by atoms with Gasteiger partial charge in [-0.2, -0.15) is 0 Å². The molecule has 0 aliphatic heterocycles. The van der Waals surface area contributed by atoms with E-state index in [-0.39, 0.29) is 17.6 Å². The van der Waals surface area contributed by atoms with Crippen LogP contribution in [0.1, 0.15) is 25.2 Å². The van der Waals surface area contributed by atoms with Gasteiger partial charge >= 0.3 is 0 Å². The highest BCUT2D eigenvalue weighted by molar-refractivity contribution is 7.99. The third-order valence-corrected chi connectivity index (χ3v) is 6.50. The molecule has 4 aromatic rings. The number of amides is 2. The molecule has 164 valence electrons. The summed E-state index contributed by atoms with van der Waals surface area (Å²) in [5.74, 6) is 0.789. The predicted octanol–water partition coefficient (Wildman–Crippen LogP) is 4.19. The smallest absolute Gasteiger partial charge is 0.236 e. The third-order valence-electron chi connectivity index (χ3n) is 4.60. The topological polar surface area (TPSA) is 102 Å². The fraction of sp³-hybridized carbons (Fsp3) is 0.227. The van der Waals surface area contributed by atoms with Crippen molar-refractivity contribution < 1.29 is 9.59 Å². The molecule has 0 radical (unpaired) electrons. The molecule has 0 atom stereocenters. The Kier molecular flexibility index (Phi) is 6.81. The maximum atomic E-state index is 12.5. The van der Waals surface area contributed by atoms with Gasteiger partial charge in [-0.05, 0) is 30.7 Å². The molecule has 4 rings (SSSR count). The Morgan fingerprint density at radius 3 is 2.66 bits per heavy atom. The van der Waals surface area contributed by atoms with Gasteiger partial charge in [-0.15, -0.1) is 10.2 Å². The van der Waals surface area contributed by atoms with Crippen molar-refractivity contribution in [1.82, 2.24) is 19.7 Å². The molecule has 10 heteroatoms. The lowest BCUT2D eigenvalue weighted by molar-refractivity contribution is -0.114. The number of carbonyl (C=O) groups is 2. The van der Waals surface area contributed by atoms with E-state index in [1.165, 1.54) is 35.6 Å². The van der Waals surface area contributed by atoms with Gasteiger partial charge in [-0.1, -0.05) is 53.4 Å². The SMILES string of the molecule is CCn1c(Cc2ccccc2)nnc1SCC(=O)Nc1nc2ccc(NC(C)=O)cc2s1. The summed E-state index contributed by atoms with van der Waals surface area (Å²) in [6.07, 6.45) is 0.695. The molecule has 32 heavy (non-hydrogen) atoms. The average molecular weight is 467 g/mol. The minimum Gasteiger partial charge on any atom is -0.326 e. The summed E-state index contributed by atoms with van der Waals surface area (Å²) in [6, 6.07) is 15.6. The molecule has 0 aliphatic rings. The quantitative estimate of drug-likeness (QED) is 0.378. The standard InChI is InChI=1S/C22H22N6O2S2/c1-3-28-19(11-15-7-5-4-6-8-15)26-27-22(28)31-13-20(30)25-21-24-17-10-9-16(23-14(2)29)12-18(17)32-21/h4-10,12H,3,11,13H2,1-2H3,(H,23,29)(H,24,25,30). The largest absolute Gasteiger partial charge is 0.326 e. The summed E-state index contributed by atoms with van der Waals surface area (Å²) in [5, 5.41) is 15.4. The Morgan fingerprint density at radius 2 is 1.91 bits per heavy atom. The summed E-state index contributed by atoms with van der Waals surface area (Å²) < 4.78 is 2.92. The van der Waals surface area contributed by atoms with Gasteiger partial charge in [-0.3, -0.25) is 9.59 Å². The normalized spacial score (nSPS) is 10.9. The first kappa shape index (κ1) is 22.0. The molecule has 2 aromatic heterocycles. The molecule has 8 nitrogen and oxygen atoms in total. The Labute approximate surface area is 193 Å². The summed E-state index contributed by atoms with van der Waals surface area (Å²) in [6.45, 7) is 4.23. The fourth-order valence-corrected chi connectivity index (χ4v) is 4.94. The lowest BCUT2D eigenvalue weighted by atomic mass is 10.1. The Hall–Kier alpha value is -3.24. The number of nitrogens with zero attached hydrogens (tertiary/aromatic N) is 4. The van der Waals surface area contributed by atoms with Gasteiger partial charge in [0.05, 0.1) is 16.0 Å². The van der Waals surface area contributed by atoms with Crippen LogP contribution in [0.4, 0.5) is 10.8 Å². The maximum absolute atomic E-state index is 12.5. The van der Waals surface area contributed by atoms with E-state index in [4.69, 9.17) is 0 Å². The lowest BCUT2D eigenvalue weighted by Gasteiger charge is -2.07. The minimum atomic E-state index is -0.161. The van der Waals surface area contributed by atoms with E-state index >= 15 is 0 Å². The highest BCUT2D eigenvalue weighted by atomic mass is 32.2. The average Bonchev–Trinajstić information content (AvgIpc) is 3.35. The number of thioether (sulfide) groups is 1. The number of fused-ring (bicyclic) bond motifs is 1. The number of thiazole rings is 1. The second-order valence-corrected chi connectivity index (χ2v) is 9.00. The van der Waals surface area contributed by atoms with Crippen molar-refractivity contribution in [1.29, 1.82) is 0 Å². The van der Waals surface area contributed by atoms with Crippen molar-refractivity contribution in [2.24, 2.45) is 0 Å². The van der Waals surface area contributed by atoms with E-state index in [1.807, 2.05) is 41.8 Å². The van der Waals surface area contributed by atoms with Crippen molar-refractivity contribution in [3.63, 3.8) is 0 Å². The van der Waals surface area contributed by atoms with E-state index in [0.717, 1.165) is 27.7 Å². The Balaban J connectivity index is 1.38. The fourth-order valence-electron chi connectivity index (χ4n) is 3.20. The molecule has 0 aliphatic carbocycles. The van der Waals surface area contributed by atoms with Gasteiger partial charge in [0.1, 0.15) is 5.82 Å². The second-order valence-electron chi connectivity index (χ2n) is 7.02. The van der Waals surface area contributed by atoms with Gasteiger partial charge < -0.3 is 15.2 Å². The molecule has 0 bridgehead atoms. The summed E-state index contributed by atoms with van der Waals surface area (Å²) >= 11 is 2.72. The van der Waals surface area contributed by atoms with Gasteiger partial charge in [-0.25, -0.2) is 4.98 Å². The molecule has 2 aromatic carbocycles. The van der Waals surface area contributed by atoms with Gasteiger partial charge in [0.25, 0.3) is 0 Å². The Morgan fingerprint density at radius 1 is 1.09 bits per heavy atom. The van der Waals surface area contributed by atoms with Gasteiger partial charge in [0, 0.05) is 25.6 Å².